The number of benzene rings is 8. The molecule has 3 aliphatic carbocycles. The molecule has 0 amide bonds. The van der Waals surface area contributed by atoms with E-state index in [-0.39, 0.29) is 5.41 Å². The smallest absolute Gasteiger partial charge is 0.164 e. The molecule has 6 nitrogen and oxygen atoms in total. The first-order valence-electron chi connectivity index (χ1n) is 24.2. The lowest BCUT2D eigenvalue weighted by Crippen LogP contribution is -2.27. The molecule has 0 N–H and O–H groups in total. The van der Waals surface area contributed by atoms with Crippen molar-refractivity contribution in [2.45, 2.75) is 38.0 Å². The van der Waals surface area contributed by atoms with Gasteiger partial charge in [0.05, 0.1) is 0 Å². The third-order valence-electron chi connectivity index (χ3n) is 15.2. The van der Waals surface area contributed by atoms with E-state index in [0.717, 1.165) is 78.6 Å². The Labute approximate surface area is 403 Å². The summed E-state index contributed by atoms with van der Waals surface area (Å²) in [7, 11) is 0. The highest BCUT2D eigenvalue weighted by Gasteiger charge is 2.73. The molecule has 330 valence electrons. The molecule has 6 heteroatoms. The van der Waals surface area contributed by atoms with E-state index >= 15 is 0 Å². The van der Waals surface area contributed by atoms with Gasteiger partial charge in [-0.1, -0.05) is 213 Å². The summed E-state index contributed by atoms with van der Waals surface area (Å²) in [6, 6.07) is 73.9. The molecular weight excluding hydrogens is 841 g/mol. The first-order valence-corrected chi connectivity index (χ1v) is 24.2. The van der Waals surface area contributed by atoms with Crippen LogP contribution in [0.1, 0.15) is 38.2 Å². The average Bonchev–Trinajstić information content (AvgIpc) is 4.34. The molecule has 8 aromatic carbocycles. The monoisotopic (exact) mass is 888 g/mol. The van der Waals surface area contributed by atoms with E-state index in [1.165, 1.54) is 31.2 Å². The van der Waals surface area contributed by atoms with Gasteiger partial charge in [-0.2, -0.15) is 0 Å². The van der Waals surface area contributed by atoms with Gasteiger partial charge in [-0.3, -0.25) is 0 Å². The van der Waals surface area contributed by atoms with Crippen LogP contribution in [-0.2, 0) is 5.41 Å². The van der Waals surface area contributed by atoms with E-state index in [0.29, 0.717) is 40.4 Å². The van der Waals surface area contributed by atoms with Crippen LogP contribution in [0.25, 0.3) is 102 Å². The summed E-state index contributed by atoms with van der Waals surface area (Å²) in [5.41, 5.74) is 14.3. The first kappa shape index (κ1) is 41.0. The number of aromatic nitrogens is 6. The van der Waals surface area contributed by atoms with Gasteiger partial charge in [0.1, 0.15) is 0 Å². The zero-order valence-electron chi connectivity index (χ0n) is 38.4. The van der Waals surface area contributed by atoms with Gasteiger partial charge < -0.3 is 0 Å². The SMILES string of the molecule is C[C@]1(c2ccc(-c3cc(-c4nc(-c5ccccc5)nc(-c5ccccc5)n4)ccc3-c3ccccc3-c3nc(-c4ccccc4)nc(-c4ccccc4-c4ccccc4)n3)cc2)C[C@H]2CC23C[C@H]3C1. The summed E-state index contributed by atoms with van der Waals surface area (Å²) >= 11 is 0. The van der Waals surface area contributed by atoms with Crippen molar-refractivity contribution in [2.24, 2.45) is 17.3 Å². The predicted molar refractivity (Wildman–Crippen MR) is 277 cm³/mol. The minimum Gasteiger partial charge on any atom is -0.208 e. The summed E-state index contributed by atoms with van der Waals surface area (Å²) in [5, 5.41) is 0. The molecule has 0 radical (unpaired) electrons. The van der Waals surface area contributed by atoms with E-state index in [9.17, 15) is 0 Å². The third kappa shape index (κ3) is 7.53. The van der Waals surface area contributed by atoms with E-state index in [1.807, 2.05) is 60.7 Å². The van der Waals surface area contributed by atoms with Crippen LogP contribution in [0, 0.1) is 17.3 Å². The molecule has 0 bridgehead atoms. The Hall–Kier alpha value is -8.22. The van der Waals surface area contributed by atoms with E-state index in [1.54, 1.807) is 0 Å². The van der Waals surface area contributed by atoms with Gasteiger partial charge in [0, 0.05) is 33.4 Å². The minimum absolute atomic E-state index is 0.195. The van der Waals surface area contributed by atoms with Crippen molar-refractivity contribution < 1.29 is 0 Å². The van der Waals surface area contributed by atoms with Gasteiger partial charge >= 0.3 is 0 Å². The topological polar surface area (TPSA) is 77.3 Å². The molecule has 0 saturated heterocycles. The number of hydrogen-bond acceptors (Lipinski definition) is 6. The highest BCUT2D eigenvalue weighted by molar-refractivity contribution is 5.93. The molecule has 2 heterocycles. The van der Waals surface area contributed by atoms with Gasteiger partial charge in [0.2, 0.25) is 0 Å². The quantitative estimate of drug-likeness (QED) is 0.136. The molecule has 10 aromatic rings. The van der Waals surface area contributed by atoms with E-state index in [2.05, 4.69) is 159 Å². The van der Waals surface area contributed by atoms with Crippen LogP contribution in [0.5, 0.6) is 0 Å². The van der Waals surface area contributed by atoms with Gasteiger partial charge in [-0.05, 0) is 93.4 Å². The Morgan fingerprint density at radius 3 is 1.14 bits per heavy atom. The highest BCUT2D eigenvalue weighted by Crippen LogP contribution is 2.81. The maximum atomic E-state index is 5.36. The third-order valence-corrected chi connectivity index (χ3v) is 15.2. The van der Waals surface area contributed by atoms with Crippen LogP contribution in [0.15, 0.2) is 212 Å². The molecule has 0 aliphatic heterocycles. The fourth-order valence-corrected chi connectivity index (χ4v) is 11.4. The van der Waals surface area contributed by atoms with Crippen molar-refractivity contribution in [2.75, 3.05) is 0 Å². The fraction of sp³-hybridized carbons (Fsp3) is 0.143. The molecule has 3 aliphatic rings. The first-order chi connectivity index (χ1) is 34.0. The second-order valence-electron chi connectivity index (χ2n) is 19.5. The van der Waals surface area contributed by atoms with Crippen LogP contribution in [0.4, 0.5) is 0 Å². The second kappa shape index (κ2) is 16.5. The molecule has 3 fully saturated rings. The van der Waals surface area contributed by atoms with Crippen molar-refractivity contribution in [3.8, 4) is 102 Å². The molecule has 69 heavy (non-hydrogen) atoms. The molecule has 3 saturated carbocycles. The lowest BCUT2D eigenvalue weighted by molar-refractivity contribution is 0.298. The molecule has 2 aromatic heterocycles. The Morgan fingerprint density at radius 1 is 0.290 bits per heavy atom. The van der Waals surface area contributed by atoms with Crippen LogP contribution in [-0.4, -0.2) is 29.9 Å². The number of hydrogen-bond donors (Lipinski definition) is 0. The zero-order chi connectivity index (χ0) is 45.9. The zero-order valence-corrected chi connectivity index (χ0v) is 38.4. The molecule has 4 atom stereocenters. The summed E-state index contributed by atoms with van der Waals surface area (Å²) in [4.78, 5) is 31.1. The highest BCUT2D eigenvalue weighted by atomic mass is 15.0. The van der Waals surface area contributed by atoms with Crippen molar-refractivity contribution in [3.05, 3.63) is 218 Å². The van der Waals surface area contributed by atoms with Crippen molar-refractivity contribution in [1.82, 2.24) is 29.9 Å². The van der Waals surface area contributed by atoms with Crippen LogP contribution in [0.3, 0.4) is 0 Å². The maximum Gasteiger partial charge on any atom is 0.164 e. The molecule has 1 unspecified atom stereocenters. The normalized spacial score (nSPS) is 19.8. The Morgan fingerprint density at radius 2 is 0.638 bits per heavy atom. The Balaban J connectivity index is 0.986. The largest absolute Gasteiger partial charge is 0.208 e. The van der Waals surface area contributed by atoms with E-state index in [4.69, 9.17) is 29.9 Å². The standard InChI is InChI=1S/C63H48N6/c1-62(37-48-39-63(48)40-49(63)38-62)47-33-30-42(31-34-47)55-36-46(59-65-56(43-20-8-3-9-21-43)64-57(66-59)44-22-10-4-11-23-44)32-35-52(55)51-27-15-17-29-54(51)61-68-58(45-24-12-5-13-25-45)67-60(69-61)53-28-16-14-26-50(53)41-18-6-2-7-19-41/h2-36,48-49H,37-40H2,1H3/t48-,49+,62-,63?. The average molecular weight is 889 g/mol. The maximum absolute atomic E-state index is 5.36. The fourth-order valence-electron chi connectivity index (χ4n) is 11.4. The van der Waals surface area contributed by atoms with Gasteiger partial charge in [-0.25, -0.2) is 29.9 Å². The molecule has 1 spiro atoms. The van der Waals surface area contributed by atoms with E-state index < -0.39 is 0 Å². The van der Waals surface area contributed by atoms with Crippen molar-refractivity contribution in [1.29, 1.82) is 0 Å². The lowest BCUT2D eigenvalue weighted by Gasteiger charge is -2.34. The van der Waals surface area contributed by atoms with Crippen molar-refractivity contribution >= 4 is 0 Å². The predicted octanol–water partition coefficient (Wildman–Crippen LogP) is 15.1. The number of nitrogens with zero attached hydrogens (tertiary/aromatic N) is 6. The van der Waals surface area contributed by atoms with Crippen LogP contribution >= 0.6 is 0 Å². The lowest BCUT2D eigenvalue weighted by atomic mass is 9.71. The molecular formula is C63H48N6. The summed E-state index contributed by atoms with van der Waals surface area (Å²) in [5.74, 6) is 5.49. The van der Waals surface area contributed by atoms with Gasteiger partial charge in [0.15, 0.2) is 34.9 Å². The molecule has 13 rings (SSSR count). The second-order valence-corrected chi connectivity index (χ2v) is 19.5. The minimum atomic E-state index is 0.195. The van der Waals surface area contributed by atoms with Crippen LogP contribution < -0.4 is 0 Å². The van der Waals surface area contributed by atoms with Gasteiger partial charge in [0.25, 0.3) is 0 Å². The van der Waals surface area contributed by atoms with Crippen molar-refractivity contribution in [3.63, 3.8) is 0 Å². The Bertz CT molecular complexity index is 3450. The summed E-state index contributed by atoms with van der Waals surface area (Å²) in [6.45, 7) is 2.51. The van der Waals surface area contributed by atoms with Gasteiger partial charge in [-0.15, -0.1) is 0 Å². The summed E-state index contributed by atoms with van der Waals surface area (Å²) in [6.07, 6.45) is 5.45. The van der Waals surface area contributed by atoms with Crippen LogP contribution in [0.2, 0.25) is 0 Å². The Kier molecular flexibility index (Phi) is 9.82. The number of rotatable bonds is 10. The summed E-state index contributed by atoms with van der Waals surface area (Å²) < 4.78 is 0.